The summed E-state index contributed by atoms with van der Waals surface area (Å²) in [5.41, 5.74) is 0. The second kappa shape index (κ2) is 7.58. The quantitative estimate of drug-likeness (QED) is 0.258. The Morgan fingerprint density at radius 2 is 1.89 bits per heavy atom. The molecule has 92 valence electrons. The van der Waals surface area contributed by atoms with Crippen molar-refractivity contribution in [3.05, 3.63) is 41.5 Å². The molecule has 5 nitrogen and oxygen atoms in total. The summed E-state index contributed by atoms with van der Waals surface area (Å²) in [5.74, 6) is -2.36. The van der Waals surface area contributed by atoms with E-state index in [1.165, 1.54) is 31.2 Å². The maximum atomic E-state index is 11.7. The Bertz CT molecular complexity index is 522. The van der Waals surface area contributed by atoms with Crippen LogP contribution in [0.15, 0.2) is 46.4 Å². The summed E-state index contributed by atoms with van der Waals surface area (Å²) in [6.45, 7) is 1.54. The van der Waals surface area contributed by atoms with E-state index in [9.17, 15) is 18.3 Å². The Hall–Kier alpha value is -0.820. The largest absolute Gasteiger partial charge is 1.00 e. The molecular weight excluding hydrogens is 267 g/mol. The molecule has 0 saturated carbocycles. The number of hydrogen-bond donors (Lipinski definition) is 0. The first-order valence-electron chi connectivity index (χ1n) is 4.83. The summed E-state index contributed by atoms with van der Waals surface area (Å²) in [7, 11) is -3.90. The Labute approximate surface area is 128 Å². The van der Waals surface area contributed by atoms with Gasteiger partial charge in [0.25, 0.3) is 0 Å². The van der Waals surface area contributed by atoms with Crippen molar-refractivity contribution in [1.29, 1.82) is 0 Å². The van der Waals surface area contributed by atoms with Gasteiger partial charge in [0.1, 0.15) is 0 Å². The van der Waals surface area contributed by atoms with E-state index in [4.69, 9.17) is 0 Å². The Morgan fingerprint density at radius 1 is 1.33 bits per heavy atom. The van der Waals surface area contributed by atoms with Gasteiger partial charge in [0.2, 0.25) is 0 Å². The van der Waals surface area contributed by atoms with E-state index >= 15 is 0 Å². The van der Waals surface area contributed by atoms with Gasteiger partial charge in [-0.05, 0) is 24.8 Å². The molecule has 0 spiro atoms. The molecule has 0 aliphatic heterocycles. The molecule has 7 heteroatoms. The van der Waals surface area contributed by atoms with E-state index in [0.29, 0.717) is 5.41 Å². The van der Waals surface area contributed by atoms with Crippen LogP contribution < -0.4 is 34.7 Å². The number of sulfone groups is 1. The van der Waals surface area contributed by atoms with Gasteiger partial charge in [0.05, 0.1) is 11.5 Å². The Kier molecular flexibility index (Phi) is 7.23. The van der Waals surface area contributed by atoms with E-state index in [0.717, 1.165) is 0 Å². The molecule has 0 aliphatic rings. The molecule has 0 aromatic heterocycles. The number of benzene rings is 1. The van der Waals surface area contributed by atoms with Crippen LogP contribution in [-0.4, -0.2) is 21.0 Å². The Balaban J connectivity index is 0.00000289. The molecule has 0 unspecified atom stereocenters. The number of ether oxygens (including phenoxy) is 1. The van der Waals surface area contributed by atoms with Gasteiger partial charge >= 0.3 is 35.5 Å². The average Bonchev–Trinajstić information content (AvgIpc) is 2.30. The summed E-state index contributed by atoms with van der Waals surface area (Å²) < 4.78 is 27.7. The van der Waals surface area contributed by atoms with Crippen LogP contribution in [-0.2, 0) is 19.4 Å². The second-order valence-corrected chi connectivity index (χ2v) is 4.86. The smallest absolute Gasteiger partial charge is 0.867 e. The van der Waals surface area contributed by atoms with Gasteiger partial charge in [0, 0.05) is 5.41 Å². The van der Waals surface area contributed by atoms with E-state index in [-0.39, 0.29) is 41.1 Å². The molecular formula is C11H11NaO5S. The number of rotatable bonds is 4. The number of carbonyl (C=O) groups is 1. The van der Waals surface area contributed by atoms with Crippen LogP contribution in [0, 0.1) is 0 Å². The van der Waals surface area contributed by atoms with Crippen molar-refractivity contribution in [3.63, 3.8) is 0 Å². The molecule has 0 radical (unpaired) electrons. The molecule has 0 aliphatic carbocycles. The molecule has 0 bridgehead atoms. The molecule has 0 fully saturated rings. The van der Waals surface area contributed by atoms with Crippen molar-refractivity contribution in [2.24, 2.45) is 0 Å². The van der Waals surface area contributed by atoms with Gasteiger partial charge in [-0.2, -0.15) is 0 Å². The van der Waals surface area contributed by atoms with E-state index < -0.39 is 21.6 Å². The minimum Gasteiger partial charge on any atom is -0.867 e. The van der Waals surface area contributed by atoms with Crippen LogP contribution in [0.4, 0.5) is 0 Å². The zero-order chi connectivity index (χ0) is 12.9. The van der Waals surface area contributed by atoms with Crippen LogP contribution in [0.1, 0.15) is 6.92 Å². The molecule has 0 atom stereocenters. The summed E-state index contributed by atoms with van der Waals surface area (Å²) in [6, 6.07) is 7.37. The van der Waals surface area contributed by atoms with Crippen LogP contribution >= 0.6 is 0 Å². The number of hydrogen-bond acceptors (Lipinski definition) is 5. The maximum Gasteiger partial charge on any atom is 1.00 e. The summed E-state index contributed by atoms with van der Waals surface area (Å²) in [6.07, 6.45) is 0. The topological polar surface area (TPSA) is 83.5 Å². The molecule has 0 heterocycles. The van der Waals surface area contributed by atoms with Crippen molar-refractivity contribution in [2.45, 2.75) is 11.8 Å². The normalized spacial score (nSPS) is 11.5. The predicted molar refractivity (Wildman–Crippen MR) is 58.3 cm³/mol. The second-order valence-electron chi connectivity index (χ2n) is 3.06. The van der Waals surface area contributed by atoms with Gasteiger partial charge in [0.15, 0.2) is 9.84 Å². The SMILES string of the molecule is CCOC(=O)/C([O-])=C\S(=O)(=O)c1ccccc1.[Na+]. The van der Waals surface area contributed by atoms with Crippen molar-refractivity contribution in [3.8, 4) is 0 Å². The number of carbonyl (C=O) groups excluding carboxylic acids is 1. The molecule has 18 heavy (non-hydrogen) atoms. The van der Waals surface area contributed by atoms with Crippen LogP contribution in [0.5, 0.6) is 0 Å². The molecule has 1 aromatic rings. The molecule has 1 aromatic carbocycles. The fraction of sp³-hybridized carbons (Fsp3) is 0.182. The third kappa shape index (κ3) is 4.81. The van der Waals surface area contributed by atoms with Gasteiger partial charge in [-0.3, -0.25) is 0 Å². The minimum absolute atomic E-state index is 0. The fourth-order valence-electron chi connectivity index (χ4n) is 1.07. The molecule has 0 N–H and O–H groups in total. The zero-order valence-electron chi connectivity index (χ0n) is 10.1. The maximum absolute atomic E-state index is 11.7. The minimum atomic E-state index is -3.90. The first kappa shape index (κ1) is 17.2. The third-order valence-corrected chi connectivity index (χ3v) is 3.26. The van der Waals surface area contributed by atoms with E-state index in [1.807, 2.05) is 0 Å². The van der Waals surface area contributed by atoms with Crippen molar-refractivity contribution < 1.29 is 52.6 Å². The van der Waals surface area contributed by atoms with Gasteiger partial charge in [-0.15, -0.1) is 0 Å². The Morgan fingerprint density at radius 3 is 2.39 bits per heavy atom. The standard InChI is InChI=1S/C11H12O5S.Na/c1-2-16-11(13)10(12)8-17(14,15)9-6-4-3-5-7-9;/h3-8,12H,2H2,1H3;/q;+1/p-1/b10-8+;. The average molecular weight is 278 g/mol. The van der Waals surface area contributed by atoms with Gasteiger partial charge in [-0.1, -0.05) is 18.2 Å². The van der Waals surface area contributed by atoms with E-state index in [1.54, 1.807) is 6.07 Å². The third-order valence-electron chi connectivity index (χ3n) is 1.81. The fourth-order valence-corrected chi connectivity index (χ4v) is 2.12. The predicted octanol–water partition coefficient (Wildman–Crippen LogP) is -2.77. The van der Waals surface area contributed by atoms with Crippen LogP contribution in [0.3, 0.4) is 0 Å². The van der Waals surface area contributed by atoms with Crippen molar-refractivity contribution in [1.82, 2.24) is 0 Å². The number of esters is 1. The summed E-state index contributed by atoms with van der Waals surface area (Å²) >= 11 is 0. The summed E-state index contributed by atoms with van der Waals surface area (Å²) in [5, 5.41) is 11.6. The van der Waals surface area contributed by atoms with Crippen LogP contribution in [0.25, 0.3) is 0 Å². The first-order chi connectivity index (χ1) is 7.97. The summed E-state index contributed by atoms with van der Waals surface area (Å²) in [4.78, 5) is 10.9. The molecule has 0 saturated heterocycles. The first-order valence-corrected chi connectivity index (χ1v) is 6.38. The monoisotopic (exact) mass is 278 g/mol. The van der Waals surface area contributed by atoms with Crippen molar-refractivity contribution in [2.75, 3.05) is 6.61 Å². The zero-order valence-corrected chi connectivity index (χ0v) is 12.9. The molecule has 1 rings (SSSR count). The molecule has 0 amide bonds. The van der Waals surface area contributed by atoms with Gasteiger partial charge < -0.3 is 9.84 Å². The van der Waals surface area contributed by atoms with Crippen molar-refractivity contribution >= 4 is 15.8 Å². The van der Waals surface area contributed by atoms with Gasteiger partial charge in [-0.25, -0.2) is 13.2 Å². The van der Waals surface area contributed by atoms with Crippen LogP contribution in [0.2, 0.25) is 0 Å². The van der Waals surface area contributed by atoms with E-state index in [2.05, 4.69) is 4.74 Å².